The van der Waals surface area contributed by atoms with Crippen LogP contribution in [-0.4, -0.2) is 14.1 Å². The van der Waals surface area contributed by atoms with Gasteiger partial charge in [0.15, 0.2) is 0 Å². The smallest absolute Gasteiger partial charge is 0.303 e. The van der Waals surface area contributed by atoms with Crippen LogP contribution in [0.4, 0.5) is 0 Å². The summed E-state index contributed by atoms with van der Waals surface area (Å²) >= 11 is 7.03. The van der Waals surface area contributed by atoms with E-state index in [0.29, 0.717) is 10.9 Å². The monoisotopic (exact) mass is 271 g/mol. The molecule has 0 atom stereocenters. The molecule has 0 spiro atoms. The molecular formula is C10H10ClN3O2S. The molecule has 0 amide bonds. The van der Waals surface area contributed by atoms with Gasteiger partial charge in [-0.2, -0.15) is 0 Å². The molecular weight excluding hydrogens is 262 g/mol. The number of thiazole rings is 1. The van der Waals surface area contributed by atoms with Gasteiger partial charge in [0.2, 0.25) is 0 Å². The van der Waals surface area contributed by atoms with E-state index in [1.54, 1.807) is 7.05 Å². The van der Waals surface area contributed by atoms with Crippen molar-refractivity contribution in [3.8, 4) is 0 Å². The number of halogens is 1. The molecule has 17 heavy (non-hydrogen) atoms. The third-order valence-corrected chi connectivity index (χ3v) is 3.43. The predicted octanol–water partition coefficient (Wildman–Crippen LogP) is 0.791. The largest absolute Gasteiger partial charge is 0.331 e. The normalized spacial score (nSPS) is 10.7. The Morgan fingerprint density at radius 2 is 2.24 bits per heavy atom. The van der Waals surface area contributed by atoms with Gasteiger partial charge in [-0.25, -0.2) is 9.78 Å². The summed E-state index contributed by atoms with van der Waals surface area (Å²) in [5.74, 6) is 0.332. The fraction of sp³-hybridized carbons (Fsp3) is 0.300. The van der Waals surface area contributed by atoms with E-state index in [2.05, 4.69) is 4.98 Å². The minimum Gasteiger partial charge on any atom is -0.303 e. The molecule has 0 N–H and O–H groups in total. The second-order valence-corrected chi connectivity index (χ2v) is 4.71. The van der Waals surface area contributed by atoms with Gasteiger partial charge < -0.3 is 4.57 Å². The summed E-state index contributed by atoms with van der Waals surface area (Å²) in [6, 6.07) is 1.36. The van der Waals surface area contributed by atoms with Crippen molar-refractivity contribution in [3.63, 3.8) is 0 Å². The lowest BCUT2D eigenvalue weighted by molar-refractivity contribution is 0.637. The summed E-state index contributed by atoms with van der Waals surface area (Å²) in [6.45, 7) is 0.188. The average Bonchev–Trinajstić information content (AvgIpc) is 2.77. The summed E-state index contributed by atoms with van der Waals surface area (Å²) in [5.41, 5.74) is 0.0864. The fourth-order valence-corrected chi connectivity index (χ4v) is 2.39. The molecule has 0 unspecified atom stereocenters. The Labute approximate surface area is 106 Å². The van der Waals surface area contributed by atoms with Crippen molar-refractivity contribution in [2.45, 2.75) is 12.4 Å². The first kappa shape index (κ1) is 12.1. The maximum absolute atomic E-state index is 11.7. The standard InChI is InChI=1S/C10H10ClN3O2S/c1-13-3-2-9(15)14(10(13)16)5-8-12-7(4-11)6-17-8/h2-3,6H,4-5H2,1H3. The van der Waals surface area contributed by atoms with Crippen molar-refractivity contribution in [1.82, 2.24) is 14.1 Å². The number of nitrogens with zero attached hydrogens (tertiary/aromatic N) is 3. The number of aryl methyl sites for hydroxylation is 1. The molecule has 0 saturated heterocycles. The zero-order valence-corrected chi connectivity index (χ0v) is 10.7. The van der Waals surface area contributed by atoms with Crippen LogP contribution in [0.15, 0.2) is 27.2 Å². The Kier molecular flexibility index (Phi) is 3.44. The van der Waals surface area contributed by atoms with Gasteiger partial charge >= 0.3 is 5.69 Å². The summed E-state index contributed by atoms with van der Waals surface area (Å²) in [5, 5.41) is 2.52. The maximum atomic E-state index is 11.7. The van der Waals surface area contributed by atoms with E-state index in [4.69, 9.17) is 11.6 Å². The van der Waals surface area contributed by atoms with Crippen LogP contribution in [0.2, 0.25) is 0 Å². The van der Waals surface area contributed by atoms with E-state index in [1.807, 2.05) is 5.38 Å². The van der Waals surface area contributed by atoms with Gasteiger partial charge in [0.05, 0.1) is 18.1 Å². The predicted molar refractivity (Wildman–Crippen MR) is 66.7 cm³/mol. The van der Waals surface area contributed by atoms with E-state index in [-0.39, 0.29) is 17.8 Å². The van der Waals surface area contributed by atoms with E-state index >= 15 is 0 Å². The van der Waals surface area contributed by atoms with Crippen LogP contribution in [0.3, 0.4) is 0 Å². The van der Waals surface area contributed by atoms with Crippen LogP contribution < -0.4 is 11.2 Å². The molecule has 7 heteroatoms. The molecule has 2 aromatic heterocycles. The van der Waals surface area contributed by atoms with Crippen molar-refractivity contribution >= 4 is 22.9 Å². The van der Waals surface area contributed by atoms with E-state index in [0.717, 1.165) is 10.3 Å². The minimum atomic E-state index is -0.347. The van der Waals surface area contributed by atoms with Gasteiger partial charge in [-0.15, -0.1) is 22.9 Å². The molecule has 0 aromatic carbocycles. The first-order chi connectivity index (χ1) is 8.11. The fourth-order valence-electron chi connectivity index (χ4n) is 1.38. The third-order valence-electron chi connectivity index (χ3n) is 2.27. The SMILES string of the molecule is Cn1ccc(=O)n(Cc2nc(CCl)cs2)c1=O. The van der Waals surface area contributed by atoms with Crippen LogP contribution in [0.5, 0.6) is 0 Å². The molecule has 2 heterocycles. The van der Waals surface area contributed by atoms with E-state index in [9.17, 15) is 9.59 Å². The number of hydrogen-bond donors (Lipinski definition) is 0. The molecule has 0 aliphatic heterocycles. The van der Waals surface area contributed by atoms with E-state index < -0.39 is 0 Å². The van der Waals surface area contributed by atoms with Crippen LogP contribution >= 0.6 is 22.9 Å². The Balaban J connectivity index is 2.39. The van der Waals surface area contributed by atoms with Crippen molar-refractivity contribution in [2.24, 2.45) is 7.05 Å². The quantitative estimate of drug-likeness (QED) is 0.776. The van der Waals surface area contributed by atoms with Crippen molar-refractivity contribution < 1.29 is 0 Å². The molecule has 2 rings (SSSR count). The van der Waals surface area contributed by atoms with Crippen LogP contribution in [0.25, 0.3) is 0 Å². The molecule has 0 fully saturated rings. The summed E-state index contributed by atoms with van der Waals surface area (Å²) in [7, 11) is 1.60. The highest BCUT2D eigenvalue weighted by atomic mass is 35.5. The average molecular weight is 272 g/mol. The molecule has 0 aliphatic rings. The zero-order valence-electron chi connectivity index (χ0n) is 9.09. The lowest BCUT2D eigenvalue weighted by atomic mass is 10.5. The van der Waals surface area contributed by atoms with Gasteiger partial charge in [0.25, 0.3) is 5.56 Å². The molecule has 2 aromatic rings. The summed E-state index contributed by atoms with van der Waals surface area (Å²) < 4.78 is 2.51. The van der Waals surface area contributed by atoms with Gasteiger partial charge in [0.1, 0.15) is 5.01 Å². The Morgan fingerprint density at radius 3 is 2.88 bits per heavy atom. The first-order valence-corrected chi connectivity index (χ1v) is 6.29. The van der Waals surface area contributed by atoms with Crippen LogP contribution in [-0.2, 0) is 19.5 Å². The lowest BCUT2D eigenvalue weighted by Gasteiger charge is -2.03. The Hall–Kier alpha value is -1.40. The highest BCUT2D eigenvalue weighted by Gasteiger charge is 2.07. The van der Waals surface area contributed by atoms with Crippen LogP contribution in [0, 0.1) is 0 Å². The van der Waals surface area contributed by atoms with Gasteiger partial charge in [-0.3, -0.25) is 9.36 Å². The highest BCUT2D eigenvalue weighted by Crippen LogP contribution is 2.11. The summed E-state index contributed by atoms with van der Waals surface area (Å²) in [4.78, 5) is 27.5. The highest BCUT2D eigenvalue weighted by molar-refractivity contribution is 7.09. The topological polar surface area (TPSA) is 56.9 Å². The maximum Gasteiger partial charge on any atom is 0.331 e. The first-order valence-electron chi connectivity index (χ1n) is 4.87. The van der Waals surface area contributed by atoms with E-state index in [1.165, 1.54) is 28.2 Å². The van der Waals surface area contributed by atoms with Gasteiger partial charge in [0, 0.05) is 24.7 Å². The van der Waals surface area contributed by atoms with Crippen molar-refractivity contribution in [2.75, 3.05) is 0 Å². The number of hydrogen-bond acceptors (Lipinski definition) is 4. The molecule has 0 aliphatic carbocycles. The van der Waals surface area contributed by atoms with Crippen molar-refractivity contribution in [1.29, 1.82) is 0 Å². The second kappa shape index (κ2) is 4.85. The van der Waals surface area contributed by atoms with Gasteiger partial charge in [-0.1, -0.05) is 0 Å². The molecule has 90 valence electrons. The molecule has 0 saturated carbocycles. The summed E-state index contributed by atoms with van der Waals surface area (Å²) in [6.07, 6.45) is 1.45. The molecule has 5 nitrogen and oxygen atoms in total. The number of rotatable bonds is 3. The third kappa shape index (κ3) is 2.48. The molecule has 0 radical (unpaired) electrons. The number of alkyl halides is 1. The van der Waals surface area contributed by atoms with Crippen molar-refractivity contribution in [3.05, 3.63) is 49.2 Å². The van der Waals surface area contributed by atoms with Crippen LogP contribution in [0.1, 0.15) is 10.7 Å². The minimum absolute atomic E-state index is 0.188. The second-order valence-electron chi connectivity index (χ2n) is 3.50. The number of aromatic nitrogens is 3. The zero-order chi connectivity index (χ0) is 12.4. The van der Waals surface area contributed by atoms with Gasteiger partial charge in [-0.05, 0) is 0 Å². The Morgan fingerprint density at radius 1 is 1.47 bits per heavy atom. The molecule has 0 bridgehead atoms. The Bertz CT molecular complexity index is 643. The lowest BCUT2D eigenvalue weighted by Crippen LogP contribution is -2.38.